The molecule has 6 heteroatoms. The molecular formula is C54H104O6. The molecule has 0 aromatic carbocycles. The molecule has 0 amide bonds. The monoisotopic (exact) mass is 849 g/mol. The van der Waals surface area contributed by atoms with Crippen LogP contribution in [0.5, 0.6) is 0 Å². The van der Waals surface area contributed by atoms with Gasteiger partial charge in [-0.25, -0.2) is 0 Å². The molecule has 0 saturated carbocycles. The van der Waals surface area contributed by atoms with Gasteiger partial charge in [-0.1, -0.05) is 259 Å². The molecule has 0 aliphatic carbocycles. The van der Waals surface area contributed by atoms with Crippen molar-refractivity contribution in [1.29, 1.82) is 0 Å². The highest BCUT2D eigenvalue weighted by Gasteiger charge is 2.19. The van der Waals surface area contributed by atoms with E-state index in [4.69, 9.17) is 14.2 Å². The van der Waals surface area contributed by atoms with Crippen LogP contribution in [0.4, 0.5) is 0 Å². The van der Waals surface area contributed by atoms with Gasteiger partial charge in [0.25, 0.3) is 0 Å². The Morgan fingerprint density at radius 3 is 0.817 bits per heavy atom. The molecule has 0 heterocycles. The number of carbonyl (C=O) groups is 3. The second-order valence-corrected chi connectivity index (χ2v) is 19.5. The number of ether oxygens (including phenoxy) is 3. The standard InChI is InChI=1S/C54H104O6/c1-6-7-8-9-27-36-41-46-54(57)60-51(48-59-53(56)45-40-35-31-26-22-18-14-16-20-24-29-33-38-43-50(4)5)47-58-52(55)44-39-34-30-25-21-17-13-11-10-12-15-19-23-28-32-37-42-49(2)3/h49-51H,6-48H2,1-5H3/t51-/m0/s1. The first-order chi connectivity index (χ1) is 29.2. The van der Waals surface area contributed by atoms with E-state index in [0.29, 0.717) is 19.3 Å². The van der Waals surface area contributed by atoms with Crippen LogP contribution < -0.4 is 0 Å². The lowest BCUT2D eigenvalue weighted by Crippen LogP contribution is -2.30. The predicted molar refractivity (Wildman–Crippen MR) is 256 cm³/mol. The van der Waals surface area contributed by atoms with Gasteiger partial charge in [-0.15, -0.1) is 0 Å². The van der Waals surface area contributed by atoms with Crippen LogP contribution in [0.2, 0.25) is 0 Å². The van der Waals surface area contributed by atoms with Crippen molar-refractivity contribution in [3.05, 3.63) is 0 Å². The molecule has 0 bridgehead atoms. The minimum absolute atomic E-state index is 0.0639. The van der Waals surface area contributed by atoms with Crippen LogP contribution >= 0.6 is 0 Å². The SMILES string of the molecule is CCCCCCCCCC(=O)O[C@@H](COC(=O)CCCCCCCCCCCCCCCCCCC(C)C)COC(=O)CCCCCCCCCCCCCCCC(C)C. The first-order valence-electron chi connectivity index (χ1n) is 26.7. The fraction of sp³-hybridized carbons (Fsp3) is 0.944. The summed E-state index contributed by atoms with van der Waals surface area (Å²) in [7, 11) is 0. The Kier molecular flexibility index (Phi) is 45.7. The van der Waals surface area contributed by atoms with Gasteiger partial charge >= 0.3 is 17.9 Å². The number of rotatable bonds is 48. The van der Waals surface area contributed by atoms with Gasteiger partial charge in [0, 0.05) is 19.3 Å². The predicted octanol–water partition coefficient (Wildman–Crippen LogP) is 17.3. The number of hydrogen-bond donors (Lipinski definition) is 0. The van der Waals surface area contributed by atoms with Crippen molar-refractivity contribution in [2.45, 2.75) is 304 Å². The molecule has 0 N–H and O–H groups in total. The van der Waals surface area contributed by atoms with Crippen molar-refractivity contribution in [3.63, 3.8) is 0 Å². The summed E-state index contributed by atoms with van der Waals surface area (Å²) in [5.74, 6) is 0.840. The minimum Gasteiger partial charge on any atom is -0.462 e. The lowest BCUT2D eigenvalue weighted by molar-refractivity contribution is -0.167. The third-order valence-electron chi connectivity index (χ3n) is 12.2. The summed E-state index contributed by atoms with van der Waals surface area (Å²) in [6, 6.07) is 0. The van der Waals surface area contributed by atoms with Crippen molar-refractivity contribution in [3.8, 4) is 0 Å². The molecule has 0 rings (SSSR count). The van der Waals surface area contributed by atoms with Crippen molar-refractivity contribution < 1.29 is 28.6 Å². The summed E-state index contributed by atoms with van der Waals surface area (Å²) in [6.45, 7) is 11.4. The molecule has 0 aromatic heterocycles. The van der Waals surface area contributed by atoms with Crippen LogP contribution in [0.3, 0.4) is 0 Å². The summed E-state index contributed by atoms with van der Waals surface area (Å²) < 4.78 is 16.8. The molecule has 0 fully saturated rings. The molecule has 0 saturated heterocycles. The van der Waals surface area contributed by atoms with Gasteiger partial charge in [0.05, 0.1) is 0 Å². The summed E-state index contributed by atoms with van der Waals surface area (Å²) in [6.07, 6.45) is 48.2. The fourth-order valence-corrected chi connectivity index (χ4v) is 8.17. The Balaban J connectivity index is 4.13. The number of carbonyl (C=O) groups excluding carboxylic acids is 3. The van der Waals surface area contributed by atoms with Crippen LogP contribution in [-0.4, -0.2) is 37.2 Å². The van der Waals surface area contributed by atoms with E-state index in [1.165, 1.54) is 186 Å². The quantitative estimate of drug-likeness (QED) is 0.0345. The average Bonchev–Trinajstić information content (AvgIpc) is 3.22. The van der Waals surface area contributed by atoms with Crippen molar-refractivity contribution >= 4 is 17.9 Å². The highest BCUT2D eigenvalue weighted by molar-refractivity contribution is 5.71. The zero-order valence-electron chi connectivity index (χ0n) is 41.1. The van der Waals surface area contributed by atoms with Crippen LogP contribution in [-0.2, 0) is 28.6 Å². The Hall–Kier alpha value is -1.59. The Bertz CT molecular complexity index is 916. The molecule has 0 radical (unpaired) electrons. The second kappa shape index (κ2) is 46.9. The zero-order chi connectivity index (χ0) is 44.0. The average molecular weight is 849 g/mol. The number of hydrogen-bond acceptors (Lipinski definition) is 6. The molecule has 356 valence electrons. The van der Waals surface area contributed by atoms with Crippen molar-refractivity contribution in [2.75, 3.05) is 13.2 Å². The summed E-state index contributed by atoms with van der Waals surface area (Å²) in [5, 5.41) is 0. The topological polar surface area (TPSA) is 78.9 Å². The molecule has 60 heavy (non-hydrogen) atoms. The molecule has 0 spiro atoms. The van der Waals surface area contributed by atoms with E-state index in [0.717, 1.165) is 69.6 Å². The van der Waals surface area contributed by atoms with E-state index in [9.17, 15) is 14.4 Å². The van der Waals surface area contributed by atoms with Gasteiger partial charge in [0.2, 0.25) is 0 Å². The molecule has 6 nitrogen and oxygen atoms in total. The Labute approximate surface area is 374 Å². The third-order valence-corrected chi connectivity index (χ3v) is 12.2. The summed E-state index contributed by atoms with van der Waals surface area (Å²) in [4.78, 5) is 37.8. The maximum Gasteiger partial charge on any atom is 0.306 e. The van der Waals surface area contributed by atoms with Gasteiger partial charge in [0.15, 0.2) is 6.10 Å². The molecule has 0 unspecified atom stereocenters. The van der Waals surface area contributed by atoms with Crippen LogP contribution in [0.15, 0.2) is 0 Å². The van der Waals surface area contributed by atoms with E-state index >= 15 is 0 Å². The maximum absolute atomic E-state index is 12.7. The first kappa shape index (κ1) is 58.4. The fourth-order valence-electron chi connectivity index (χ4n) is 8.17. The zero-order valence-corrected chi connectivity index (χ0v) is 41.1. The largest absolute Gasteiger partial charge is 0.462 e. The summed E-state index contributed by atoms with van der Waals surface area (Å²) >= 11 is 0. The molecule has 0 aromatic rings. The van der Waals surface area contributed by atoms with E-state index in [1.807, 2.05) is 0 Å². The van der Waals surface area contributed by atoms with Gasteiger partial charge in [-0.3, -0.25) is 14.4 Å². The Morgan fingerprint density at radius 1 is 0.317 bits per heavy atom. The minimum atomic E-state index is -0.760. The summed E-state index contributed by atoms with van der Waals surface area (Å²) in [5.41, 5.74) is 0. The number of unbranched alkanes of at least 4 members (excludes halogenated alkanes) is 33. The van der Waals surface area contributed by atoms with Crippen LogP contribution in [0, 0.1) is 11.8 Å². The molecular weight excluding hydrogens is 745 g/mol. The van der Waals surface area contributed by atoms with E-state index in [-0.39, 0.29) is 31.1 Å². The first-order valence-corrected chi connectivity index (χ1v) is 26.7. The van der Waals surface area contributed by atoms with Crippen LogP contribution in [0.1, 0.15) is 298 Å². The van der Waals surface area contributed by atoms with Gasteiger partial charge in [-0.2, -0.15) is 0 Å². The molecule has 0 aliphatic heterocycles. The Morgan fingerprint density at radius 2 is 0.550 bits per heavy atom. The smallest absolute Gasteiger partial charge is 0.306 e. The van der Waals surface area contributed by atoms with Gasteiger partial charge < -0.3 is 14.2 Å². The van der Waals surface area contributed by atoms with E-state index < -0.39 is 6.10 Å². The van der Waals surface area contributed by atoms with E-state index in [2.05, 4.69) is 34.6 Å². The molecule has 0 aliphatic rings. The van der Waals surface area contributed by atoms with Crippen LogP contribution in [0.25, 0.3) is 0 Å². The van der Waals surface area contributed by atoms with Crippen molar-refractivity contribution in [1.82, 2.24) is 0 Å². The third kappa shape index (κ3) is 47.5. The highest BCUT2D eigenvalue weighted by atomic mass is 16.6. The second-order valence-electron chi connectivity index (χ2n) is 19.5. The van der Waals surface area contributed by atoms with Crippen molar-refractivity contribution in [2.24, 2.45) is 11.8 Å². The number of esters is 3. The van der Waals surface area contributed by atoms with E-state index in [1.54, 1.807) is 0 Å². The lowest BCUT2D eigenvalue weighted by Gasteiger charge is -2.18. The van der Waals surface area contributed by atoms with Gasteiger partial charge in [0.1, 0.15) is 13.2 Å². The normalized spacial score (nSPS) is 12.1. The lowest BCUT2D eigenvalue weighted by atomic mass is 10.0. The molecule has 1 atom stereocenters. The maximum atomic E-state index is 12.7. The van der Waals surface area contributed by atoms with Gasteiger partial charge in [-0.05, 0) is 31.1 Å². The highest BCUT2D eigenvalue weighted by Crippen LogP contribution is 2.18.